The van der Waals surface area contributed by atoms with Crippen molar-refractivity contribution in [3.05, 3.63) is 33.8 Å². The van der Waals surface area contributed by atoms with Gasteiger partial charge >= 0.3 is 0 Å². The molecule has 0 saturated heterocycles. The summed E-state index contributed by atoms with van der Waals surface area (Å²) in [6.07, 6.45) is 0. The Morgan fingerprint density at radius 3 is 2.46 bits per heavy atom. The van der Waals surface area contributed by atoms with Crippen LogP contribution in [0.5, 0.6) is 0 Å². The summed E-state index contributed by atoms with van der Waals surface area (Å²) in [5.74, 6) is 0. The molecule has 0 heterocycles. The maximum atomic E-state index is 9.03. The highest BCUT2D eigenvalue weighted by Gasteiger charge is 2.04. The smallest absolute Gasteiger partial charge is 0.0692 e. The molecule has 0 saturated carbocycles. The zero-order chi connectivity index (χ0) is 9.84. The van der Waals surface area contributed by atoms with Gasteiger partial charge in [-0.2, -0.15) is 0 Å². The van der Waals surface area contributed by atoms with Crippen LogP contribution < -0.4 is 0 Å². The van der Waals surface area contributed by atoms with Crippen molar-refractivity contribution in [2.24, 2.45) is 0 Å². The lowest BCUT2D eigenvalue weighted by Gasteiger charge is -2.12. The molecule has 0 fully saturated rings. The Hall–Kier alpha value is -0.380. The van der Waals surface area contributed by atoms with Gasteiger partial charge in [-0.1, -0.05) is 34.1 Å². The molecule has 0 spiro atoms. The second-order valence-corrected chi connectivity index (χ2v) is 4.08. The number of aliphatic hydroxyl groups excluding tert-OH is 1. The summed E-state index contributed by atoms with van der Waals surface area (Å²) in [7, 11) is 4.05. The predicted octanol–water partition coefficient (Wildman–Crippen LogP) is 2.00. The third kappa shape index (κ3) is 2.79. The molecule has 0 unspecified atom stereocenters. The average molecular weight is 244 g/mol. The van der Waals surface area contributed by atoms with Gasteiger partial charge in [-0.05, 0) is 25.2 Å². The van der Waals surface area contributed by atoms with Crippen molar-refractivity contribution in [3.8, 4) is 0 Å². The number of nitrogens with zero attached hydrogens (tertiary/aromatic N) is 1. The van der Waals surface area contributed by atoms with Gasteiger partial charge in [0.15, 0.2) is 0 Å². The molecular formula is C10H14BrNO. The average Bonchev–Trinajstić information content (AvgIpc) is 2.08. The molecule has 0 aliphatic rings. The van der Waals surface area contributed by atoms with Gasteiger partial charge in [0.1, 0.15) is 0 Å². The standard InChI is InChI=1S/C10H14BrNO/c1-12(2)6-8-4-3-5-9(7-13)10(8)11/h3-5,13H,6-7H2,1-2H3. The largest absolute Gasteiger partial charge is 0.392 e. The van der Waals surface area contributed by atoms with E-state index in [0.29, 0.717) is 0 Å². The number of benzene rings is 1. The predicted molar refractivity (Wildman–Crippen MR) is 57.5 cm³/mol. The minimum Gasteiger partial charge on any atom is -0.392 e. The third-order valence-corrected chi connectivity index (χ3v) is 2.83. The van der Waals surface area contributed by atoms with Crippen molar-refractivity contribution in [2.45, 2.75) is 13.2 Å². The summed E-state index contributed by atoms with van der Waals surface area (Å²) in [6.45, 7) is 0.969. The molecular weight excluding hydrogens is 230 g/mol. The lowest BCUT2D eigenvalue weighted by Crippen LogP contribution is -2.11. The highest BCUT2D eigenvalue weighted by molar-refractivity contribution is 9.10. The molecule has 1 aromatic rings. The molecule has 0 aromatic heterocycles. The molecule has 1 N–H and O–H groups in total. The van der Waals surface area contributed by atoms with Crippen LogP contribution in [0.2, 0.25) is 0 Å². The third-order valence-electron chi connectivity index (χ3n) is 1.82. The molecule has 0 aliphatic heterocycles. The van der Waals surface area contributed by atoms with E-state index in [1.165, 1.54) is 5.56 Å². The normalized spacial score (nSPS) is 10.8. The first-order valence-corrected chi connectivity index (χ1v) is 4.96. The fourth-order valence-corrected chi connectivity index (χ4v) is 1.73. The summed E-state index contributed by atoms with van der Waals surface area (Å²) in [4.78, 5) is 2.10. The number of hydrogen-bond acceptors (Lipinski definition) is 2. The Morgan fingerprint density at radius 1 is 1.31 bits per heavy atom. The molecule has 2 nitrogen and oxygen atoms in total. The van der Waals surface area contributed by atoms with Gasteiger partial charge in [0, 0.05) is 11.0 Å². The Kier molecular flexibility index (Phi) is 3.90. The minimum absolute atomic E-state index is 0.0852. The fourth-order valence-electron chi connectivity index (χ4n) is 1.22. The van der Waals surface area contributed by atoms with Crippen molar-refractivity contribution in [1.82, 2.24) is 4.90 Å². The van der Waals surface area contributed by atoms with Gasteiger partial charge in [0.2, 0.25) is 0 Å². The van der Waals surface area contributed by atoms with Crippen LogP contribution in [0.15, 0.2) is 22.7 Å². The maximum Gasteiger partial charge on any atom is 0.0692 e. The molecule has 72 valence electrons. The molecule has 0 aliphatic carbocycles. The monoisotopic (exact) mass is 243 g/mol. The van der Waals surface area contributed by atoms with Crippen molar-refractivity contribution < 1.29 is 5.11 Å². The molecule has 1 rings (SSSR count). The van der Waals surface area contributed by atoms with Crippen LogP contribution in [0.3, 0.4) is 0 Å². The van der Waals surface area contributed by atoms with E-state index in [1.54, 1.807) is 0 Å². The van der Waals surface area contributed by atoms with Crippen LogP contribution in [0.25, 0.3) is 0 Å². The molecule has 3 heteroatoms. The van der Waals surface area contributed by atoms with Gasteiger partial charge in [-0.25, -0.2) is 0 Å². The Morgan fingerprint density at radius 2 is 1.92 bits per heavy atom. The number of rotatable bonds is 3. The highest BCUT2D eigenvalue weighted by atomic mass is 79.9. The van der Waals surface area contributed by atoms with E-state index < -0.39 is 0 Å². The van der Waals surface area contributed by atoms with Gasteiger partial charge in [0.25, 0.3) is 0 Å². The fraction of sp³-hybridized carbons (Fsp3) is 0.400. The van der Waals surface area contributed by atoms with E-state index in [2.05, 4.69) is 26.9 Å². The van der Waals surface area contributed by atoms with Crippen molar-refractivity contribution in [1.29, 1.82) is 0 Å². The van der Waals surface area contributed by atoms with Crippen LogP contribution in [0.4, 0.5) is 0 Å². The van der Waals surface area contributed by atoms with Gasteiger partial charge < -0.3 is 10.0 Å². The first-order valence-electron chi connectivity index (χ1n) is 4.17. The van der Waals surface area contributed by atoms with Gasteiger partial charge in [0.05, 0.1) is 6.61 Å². The summed E-state index contributed by atoms with van der Waals surface area (Å²) in [6, 6.07) is 5.95. The number of hydrogen-bond donors (Lipinski definition) is 1. The SMILES string of the molecule is CN(C)Cc1cccc(CO)c1Br. The van der Waals surface area contributed by atoms with Crippen LogP contribution >= 0.6 is 15.9 Å². The highest BCUT2D eigenvalue weighted by Crippen LogP contribution is 2.22. The second-order valence-electron chi connectivity index (χ2n) is 3.29. The molecule has 0 bridgehead atoms. The first-order chi connectivity index (χ1) is 6.15. The second kappa shape index (κ2) is 4.74. The van der Waals surface area contributed by atoms with Crippen LogP contribution in [-0.2, 0) is 13.2 Å². The van der Waals surface area contributed by atoms with Crippen molar-refractivity contribution in [2.75, 3.05) is 14.1 Å². The quantitative estimate of drug-likeness (QED) is 0.879. The van der Waals surface area contributed by atoms with E-state index in [1.807, 2.05) is 26.2 Å². The van der Waals surface area contributed by atoms with Crippen molar-refractivity contribution >= 4 is 15.9 Å². The Labute approximate surface area is 87.3 Å². The van der Waals surface area contributed by atoms with Crippen LogP contribution in [-0.4, -0.2) is 24.1 Å². The maximum absolute atomic E-state index is 9.03. The molecule has 0 atom stereocenters. The van der Waals surface area contributed by atoms with Crippen LogP contribution in [0.1, 0.15) is 11.1 Å². The van der Waals surface area contributed by atoms with Gasteiger partial charge in [-0.15, -0.1) is 0 Å². The van der Waals surface area contributed by atoms with E-state index >= 15 is 0 Å². The summed E-state index contributed by atoms with van der Waals surface area (Å²) in [5, 5.41) is 9.03. The van der Waals surface area contributed by atoms with E-state index in [9.17, 15) is 0 Å². The molecule has 1 aromatic carbocycles. The van der Waals surface area contributed by atoms with Gasteiger partial charge in [-0.3, -0.25) is 0 Å². The lowest BCUT2D eigenvalue weighted by molar-refractivity contribution is 0.280. The number of aliphatic hydroxyl groups is 1. The first kappa shape index (κ1) is 10.7. The lowest BCUT2D eigenvalue weighted by atomic mass is 10.1. The zero-order valence-corrected chi connectivity index (χ0v) is 9.50. The van der Waals surface area contributed by atoms with Crippen LogP contribution in [0, 0.1) is 0 Å². The summed E-state index contributed by atoms with van der Waals surface area (Å²) in [5.41, 5.74) is 2.15. The van der Waals surface area contributed by atoms with Crippen molar-refractivity contribution in [3.63, 3.8) is 0 Å². The van der Waals surface area contributed by atoms with E-state index in [-0.39, 0.29) is 6.61 Å². The van der Waals surface area contributed by atoms with E-state index in [4.69, 9.17) is 5.11 Å². The zero-order valence-electron chi connectivity index (χ0n) is 7.92. The minimum atomic E-state index is 0.0852. The number of halogens is 1. The topological polar surface area (TPSA) is 23.5 Å². The Balaban J connectivity index is 2.94. The molecule has 0 amide bonds. The molecule has 13 heavy (non-hydrogen) atoms. The summed E-state index contributed by atoms with van der Waals surface area (Å²) >= 11 is 3.48. The summed E-state index contributed by atoms with van der Waals surface area (Å²) < 4.78 is 1.02. The van der Waals surface area contributed by atoms with E-state index in [0.717, 1.165) is 16.6 Å². The Bertz CT molecular complexity index is 286. The molecule has 0 radical (unpaired) electrons.